The van der Waals surface area contributed by atoms with E-state index < -0.39 is 12.0 Å². The van der Waals surface area contributed by atoms with Gasteiger partial charge in [-0.3, -0.25) is 4.79 Å². The van der Waals surface area contributed by atoms with Gasteiger partial charge in [-0.15, -0.1) is 0 Å². The standard InChI is InChI=1S/C14H17NO3/c1-9-4-2-3-5-11(9)8-12(14(17)18)15-13(16)10-6-7-10/h2-5,10,12H,6-8H2,1H3,(H,15,16)(H,17,18). The second-order valence-electron chi connectivity index (χ2n) is 4.80. The molecule has 1 atom stereocenters. The molecule has 1 aliphatic rings. The van der Waals surface area contributed by atoms with Crippen molar-refractivity contribution < 1.29 is 14.7 Å². The molecule has 96 valence electrons. The molecular formula is C14H17NO3. The Morgan fingerprint density at radius 3 is 2.61 bits per heavy atom. The molecule has 4 heteroatoms. The van der Waals surface area contributed by atoms with E-state index in [0.29, 0.717) is 6.42 Å². The first kappa shape index (κ1) is 12.6. The third-order valence-electron chi connectivity index (χ3n) is 3.25. The topological polar surface area (TPSA) is 66.4 Å². The monoisotopic (exact) mass is 247 g/mol. The summed E-state index contributed by atoms with van der Waals surface area (Å²) in [6.07, 6.45) is 2.09. The first-order valence-corrected chi connectivity index (χ1v) is 6.15. The summed E-state index contributed by atoms with van der Waals surface area (Å²) in [4.78, 5) is 22.8. The lowest BCUT2D eigenvalue weighted by atomic mass is 10.0. The molecule has 1 unspecified atom stereocenters. The van der Waals surface area contributed by atoms with E-state index in [4.69, 9.17) is 5.11 Å². The highest BCUT2D eigenvalue weighted by atomic mass is 16.4. The van der Waals surface area contributed by atoms with Crippen molar-refractivity contribution in [2.75, 3.05) is 0 Å². The largest absolute Gasteiger partial charge is 0.480 e. The van der Waals surface area contributed by atoms with Gasteiger partial charge in [-0.25, -0.2) is 4.79 Å². The summed E-state index contributed by atoms with van der Waals surface area (Å²) in [5.74, 6) is -1.08. The fourth-order valence-electron chi connectivity index (χ4n) is 1.89. The maximum absolute atomic E-state index is 11.6. The molecule has 0 radical (unpaired) electrons. The summed E-state index contributed by atoms with van der Waals surface area (Å²) < 4.78 is 0. The number of carbonyl (C=O) groups excluding carboxylic acids is 1. The van der Waals surface area contributed by atoms with E-state index in [1.165, 1.54) is 0 Å². The smallest absolute Gasteiger partial charge is 0.326 e. The lowest BCUT2D eigenvalue weighted by molar-refractivity contribution is -0.142. The third-order valence-corrected chi connectivity index (χ3v) is 3.25. The molecule has 18 heavy (non-hydrogen) atoms. The van der Waals surface area contributed by atoms with Crippen LogP contribution >= 0.6 is 0 Å². The number of carbonyl (C=O) groups is 2. The molecule has 2 N–H and O–H groups in total. The van der Waals surface area contributed by atoms with E-state index in [-0.39, 0.29) is 11.8 Å². The Morgan fingerprint density at radius 2 is 2.06 bits per heavy atom. The number of carboxylic acids is 1. The average molecular weight is 247 g/mol. The zero-order chi connectivity index (χ0) is 13.1. The second-order valence-corrected chi connectivity index (χ2v) is 4.80. The van der Waals surface area contributed by atoms with Crippen LogP contribution in [0.15, 0.2) is 24.3 Å². The maximum atomic E-state index is 11.6. The minimum Gasteiger partial charge on any atom is -0.480 e. The number of carboxylic acid groups (broad SMARTS) is 1. The Labute approximate surface area is 106 Å². The summed E-state index contributed by atoms with van der Waals surface area (Å²) >= 11 is 0. The lowest BCUT2D eigenvalue weighted by Crippen LogP contribution is -2.43. The summed E-state index contributed by atoms with van der Waals surface area (Å²) in [6, 6.07) is 6.80. The number of amides is 1. The zero-order valence-corrected chi connectivity index (χ0v) is 10.3. The number of aliphatic carboxylic acids is 1. The van der Waals surface area contributed by atoms with E-state index in [2.05, 4.69) is 5.32 Å². The number of hydrogen-bond acceptors (Lipinski definition) is 2. The van der Waals surface area contributed by atoms with Crippen molar-refractivity contribution in [2.24, 2.45) is 5.92 Å². The van der Waals surface area contributed by atoms with Crippen molar-refractivity contribution in [1.29, 1.82) is 0 Å². The van der Waals surface area contributed by atoms with Crippen LogP contribution in [0.2, 0.25) is 0 Å². The molecule has 4 nitrogen and oxygen atoms in total. The van der Waals surface area contributed by atoms with Gasteiger partial charge in [0.15, 0.2) is 0 Å². The Morgan fingerprint density at radius 1 is 1.39 bits per heavy atom. The number of benzene rings is 1. The van der Waals surface area contributed by atoms with Crippen LogP contribution in [0.3, 0.4) is 0 Å². The van der Waals surface area contributed by atoms with Crippen molar-refractivity contribution in [3.8, 4) is 0 Å². The molecule has 1 amide bonds. The quantitative estimate of drug-likeness (QED) is 0.829. The molecule has 1 saturated carbocycles. The highest BCUT2D eigenvalue weighted by Gasteiger charge is 2.32. The van der Waals surface area contributed by atoms with Gasteiger partial charge in [0.1, 0.15) is 6.04 Å². The Hall–Kier alpha value is -1.84. The highest BCUT2D eigenvalue weighted by molar-refractivity contribution is 5.86. The lowest BCUT2D eigenvalue weighted by Gasteiger charge is -2.15. The van der Waals surface area contributed by atoms with Crippen molar-refractivity contribution in [3.63, 3.8) is 0 Å². The number of rotatable bonds is 5. The maximum Gasteiger partial charge on any atom is 0.326 e. The van der Waals surface area contributed by atoms with E-state index in [1.807, 2.05) is 31.2 Å². The van der Waals surface area contributed by atoms with Gasteiger partial charge in [0.25, 0.3) is 0 Å². The zero-order valence-electron chi connectivity index (χ0n) is 10.3. The van der Waals surface area contributed by atoms with Crippen LogP contribution in [0, 0.1) is 12.8 Å². The molecule has 0 saturated heterocycles. The first-order valence-electron chi connectivity index (χ1n) is 6.15. The predicted molar refractivity (Wildman–Crippen MR) is 67.2 cm³/mol. The first-order chi connectivity index (χ1) is 8.58. The Kier molecular flexibility index (Phi) is 3.65. The molecule has 1 fully saturated rings. The van der Waals surface area contributed by atoms with Crippen LogP contribution in [0.25, 0.3) is 0 Å². The summed E-state index contributed by atoms with van der Waals surface area (Å²) in [5, 5.41) is 11.8. The van der Waals surface area contributed by atoms with Crippen molar-refractivity contribution in [3.05, 3.63) is 35.4 Å². The number of hydrogen-bond donors (Lipinski definition) is 2. The van der Waals surface area contributed by atoms with Crippen LogP contribution in [0.1, 0.15) is 24.0 Å². The molecule has 0 aromatic heterocycles. The van der Waals surface area contributed by atoms with Gasteiger partial charge < -0.3 is 10.4 Å². The van der Waals surface area contributed by atoms with Gasteiger partial charge in [0.2, 0.25) is 5.91 Å². The van der Waals surface area contributed by atoms with Gasteiger partial charge >= 0.3 is 5.97 Å². The summed E-state index contributed by atoms with van der Waals surface area (Å²) in [7, 11) is 0. The van der Waals surface area contributed by atoms with Gasteiger partial charge in [0.05, 0.1) is 0 Å². The summed E-state index contributed by atoms with van der Waals surface area (Å²) in [6.45, 7) is 1.94. The fourth-order valence-corrected chi connectivity index (χ4v) is 1.89. The Bertz CT molecular complexity index is 466. The minimum absolute atomic E-state index is 0.0312. The molecule has 2 rings (SSSR count). The molecule has 1 aromatic rings. The molecule has 1 aromatic carbocycles. The fraction of sp³-hybridized carbons (Fsp3) is 0.429. The van der Waals surface area contributed by atoms with Crippen LogP contribution < -0.4 is 5.32 Å². The molecular weight excluding hydrogens is 230 g/mol. The van der Waals surface area contributed by atoms with Crippen LogP contribution in [0.5, 0.6) is 0 Å². The number of aryl methyl sites for hydroxylation is 1. The predicted octanol–water partition coefficient (Wildman–Crippen LogP) is 1.52. The van der Waals surface area contributed by atoms with Crippen LogP contribution in [-0.2, 0) is 16.0 Å². The van der Waals surface area contributed by atoms with E-state index in [9.17, 15) is 9.59 Å². The van der Waals surface area contributed by atoms with Crippen molar-refractivity contribution in [1.82, 2.24) is 5.32 Å². The molecule has 0 aliphatic heterocycles. The molecule has 0 heterocycles. The second kappa shape index (κ2) is 5.21. The number of nitrogens with one attached hydrogen (secondary N) is 1. The normalized spacial score (nSPS) is 16.1. The van der Waals surface area contributed by atoms with Gasteiger partial charge in [0, 0.05) is 12.3 Å². The van der Waals surface area contributed by atoms with Gasteiger partial charge in [-0.05, 0) is 30.9 Å². The van der Waals surface area contributed by atoms with Crippen molar-refractivity contribution >= 4 is 11.9 Å². The van der Waals surface area contributed by atoms with Crippen LogP contribution in [-0.4, -0.2) is 23.0 Å². The van der Waals surface area contributed by atoms with E-state index in [0.717, 1.165) is 24.0 Å². The Balaban J connectivity index is 2.04. The summed E-state index contributed by atoms with van der Waals surface area (Å²) in [5.41, 5.74) is 2.01. The highest BCUT2D eigenvalue weighted by Crippen LogP contribution is 2.29. The SMILES string of the molecule is Cc1ccccc1CC(NC(=O)C1CC1)C(=O)O. The van der Waals surface area contributed by atoms with Gasteiger partial charge in [-0.1, -0.05) is 24.3 Å². The minimum atomic E-state index is -0.979. The average Bonchev–Trinajstić information content (AvgIpc) is 3.14. The van der Waals surface area contributed by atoms with Crippen molar-refractivity contribution in [2.45, 2.75) is 32.2 Å². The third kappa shape index (κ3) is 3.09. The molecule has 0 spiro atoms. The van der Waals surface area contributed by atoms with Gasteiger partial charge in [-0.2, -0.15) is 0 Å². The van der Waals surface area contributed by atoms with E-state index in [1.54, 1.807) is 0 Å². The van der Waals surface area contributed by atoms with Crippen LogP contribution in [0.4, 0.5) is 0 Å². The van der Waals surface area contributed by atoms with E-state index >= 15 is 0 Å². The molecule has 0 bridgehead atoms. The molecule has 1 aliphatic carbocycles.